The predicted molar refractivity (Wildman–Crippen MR) is 109 cm³/mol. The Balaban J connectivity index is 1.76. The van der Waals surface area contributed by atoms with Crippen molar-refractivity contribution >= 4 is 10.9 Å². The lowest BCUT2D eigenvalue weighted by atomic mass is 9.68. The van der Waals surface area contributed by atoms with Gasteiger partial charge in [-0.15, -0.1) is 0 Å². The predicted octanol–water partition coefficient (Wildman–Crippen LogP) is 5.04. The molecule has 1 heterocycles. The summed E-state index contributed by atoms with van der Waals surface area (Å²) in [6.07, 6.45) is 6.87. The van der Waals surface area contributed by atoms with Gasteiger partial charge in [-0.3, -0.25) is 5.10 Å². The molecule has 2 N–H and O–H groups in total. The van der Waals surface area contributed by atoms with E-state index in [1.165, 1.54) is 11.6 Å². The van der Waals surface area contributed by atoms with Gasteiger partial charge in [0.25, 0.3) is 0 Å². The van der Waals surface area contributed by atoms with Crippen LogP contribution in [0.15, 0.2) is 60.4 Å². The highest BCUT2D eigenvalue weighted by atomic mass is 19.1. The number of aromatic amines is 1. The molecule has 4 rings (SSSR count). The molecule has 146 valence electrons. The zero-order valence-corrected chi connectivity index (χ0v) is 16.3. The molecule has 1 aliphatic rings. The minimum atomic E-state index is -0.674. The number of nitrogens with zero attached hydrogens (tertiary/aromatic N) is 1. The van der Waals surface area contributed by atoms with Crippen LogP contribution in [0.1, 0.15) is 37.3 Å². The van der Waals surface area contributed by atoms with Crippen LogP contribution < -0.4 is 5.32 Å². The summed E-state index contributed by atoms with van der Waals surface area (Å²) in [5, 5.41) is 11.4. The van der Waals surface area contributed by atoms with E-state index in [2.05, 4.69) is 40.8 Å². The Morgan fingerprint density at radius 2 is 2.14 bits per heavy atom. The standard InChI is InChI=1S/C23H26FN3O/c1-16-7-6-10-18(14-25-13-17-8-4-3-5-9-17)23(16,28-2)21-11-19(24)12-22-20(21)15-26-27-22/h3-5,8-9,11-12,14-16,25H,6-7,10,13H2,1-2H3,(H,26,27)/b18-14+. The van der Waals surface area contributed by atoms with Crippen LogP contribution in [0.2, 0.25) is 0 Å². The van der Waals surface area contributed by atoms with Gasteiger partial charge in [0.2, 0.25) is 0 Å². The molecule has 0 aliphatic heterocycles. The van der Waals surface area contributed by atoms with Crippen LogP contribution in [0.4, 0.5) is 4.39 Å². The lowest BCUT2D eigenvalue weighted by Crippen LogP contribution is -2.41. The van der Waals surface area contributed by atoms with Crippen molar-refractivity contribution in [3.8, 4) is 0 Å². The molecule has 0 spiro atoms. The van der Waals surface area contributed by atoms with Crippen molar-refractivity contribution in [3.63, 3.8) is 0 Å². The van der Waals surface area contributed by atoms with Crippen molar-refractivity contribution in [1.29, 1.82) is 0 Å². The zero-order valence-electron chi connectivity index (χ0n) is 16.3. The average molecular weight is 379 g/mol. The molecule has 4 nitrogen and oxygen atoms in total. The van der Waals surface area contributed by atoms with E-state index in [4.69, 9.17) is 4.74 Å². The zero-order chi connectivity index (χ0) is 19.6. The molecular weight excluding hydrogens is 353 g/mol. The molecule has 1 aliphatic carbocycles. The van der Waals surface area contributed by atoms with E-state index in [1.807, 2.05) is 18.2 Å². The normalized spacial score (nSPS) is 24.0. The number of hydrogen-bond donors (Lipinski definition) is 2. The highest BCUT2D eigenvalue weighted by molar-refractivity contribution is 5.83. The van der Waals surface area contributed by atoms with Crippen LogP contribution >= 0.6 is 0 Å². The summed E-state index contributed by atoms with van der Waals surface area (Å²) in [5.74, 6) is -0.0616. The van der Waals surface area contributed by atoms with Crippen molar-refractivity contribution in [3.05, 3.63) is 77.4 Å². The first kappa shape index (κ1) is 18.7. The first-order chi connectivity index (χ1) is 13.6. The quantitative estimate of drug-likeness (QED) is 0.653. The lowest BCUT2D eigenvalue weighted by Gasteiger charge is -2.44. The maximum Gasteiger partial charge on any atom is 0.125 e. The van der Waals surface area contributed by atoms with Gasteiger partial charge in [-0.2, -0.15) is 5.10 Å². The molecule has 2 aromatic carbocycles. The Kier molecular flexibility index (Phi) is 5.18. The van der Waals surface area contributed by atoms with Crippen LogP contribution in [0.25, 0.3) is 10.9 Å². The van der Waals surface area contributed by atoms with Gasteiger partial charge in [0.1, 0.15) is 11.4 Å². The maximum absolute atomic E-state index is 14.4. The van der Waals surface area contributed by atoms with Crippen LogP contribution in [-0.2, 0) is 16.9 Å². The molecule has 0 radical (unpaired) electrons. The van der Waals surface area contributed by atoms with Gasteiger partial charge in [0.05, 0.1) is 11.7 Å². The summed E-state index contributed by atoms with van der Waals surface area (Å²) < 4.78 is 20.6. The van der Waals surface area contributed by atoms with Gasteiger partial charge in [-0.25, -0.2) is 4.39 Å². The number of methoxy groups -OCH3 is 1. The number of fused-ring (bicyclic) bond motifs is 1. The molecule has 0 bridgehead atoms. The lowest BCUT2D eigenvalue weighted by molar-refractivity contribution is -0.0424. The highest BCUT2D eigenvalue weighted by Crippen LogP contribution is 2.49. The minimum Gasteiger partial charge on any atom is -0.387 e. The van der Waals surface area contributed by atoms with Gasteiger partial charge in [0, 0.05) is 24.6 Å². The van der Waals surface area contributed by atoms with E-state index >= 15 is 0 Å². The molecular formula is C23H26FN3O. The monoisotopic (exact) mass is 379 g/mol. The van der Waals surface area contributed by atoms with Crippen molar-refractivity contribution in [1.82, 2.24) is 15.5 Å². The third-order valence-electron chi connectivity index (χ3n) is 5.93. The first-order valence-electron chi connectivity index (χ1n) is 9.80. The van der Waals surface area contributed by atoms with E-state index in [1.54, 1.807) is 19.4 Å². The number of benzene rings is 2. The second-order valence-electron chi connectivity index (χ2n) is 7.55. The largest absolute Gasteiger partial charge is 0.387 e. The van der Waals surface area contributed by atoms with Gasteiger partial charge in [0.15, 0.2) is 0 Å². The molecule has 3 aromatic rings. The van der Waals surface area contributed by atoms with E-state index in [-0.39, 0.29) is 11.7 Å². The van der Waals surface area contributed by atoms with Crippen LogP contribution in [0.3, 0.4) is 0 Å². The fourth-order valence-electron chi connectivity index (χ4n) is 4.58. The summed E-state index contributed by atoms with van der Waals surface area (Å²) >= 11 is 0. The number of aromatic nitrogens is 2. The summed E-state index contributed by atoms with van der Waals surface area (Å²) in [6, 6.07) is 13.4. The van der Waals surface area contributed by atoms with E-state index < -0.39 is 5.60 Å². The van der Waals surface area contributed by atoms with Gasteiger partial charge >= 0.3 is 0 Å². The van der Waals surface area contributed by atoms with Gasteiger partial charge < -0.3 is 10.1 Å². The van der Waals surface area contributed by atoms with Crippen molar-refractivity contribution in [2.75, 3.05) is 7.11 Å². The number of ether oxygens (including phenoxy) is 1. The molecule has 0 saturated heterocycles. The summed E-state index contributed by atoms with van der Waals surface area (Å²) in [7, 11) is 1.73. The highest BCUT2D eigenvalue weighted by Gasteiger charge is 2.45. The van der Waals surface area contributed by atoms with E-state index in [9.17, 15) is 4.39 Å². The fraction of sp³-hybridized carbons (Fsp3) is 0.348. The molecule has 2 atom stereocenters. The molecule has 1 aromatic heterocycles. The number of halogens is 1. The Hall–Kier alpha value is -2.66. The number of H-pyrrole nitrogens is 1. The third kappa shape index (κ3) is 3.20. The van der Waals surface area contributed by atoms with Crippen LogP contribution in [0, 0.1) is 11.7 Å². The van der Waals surface area contributed by atoms with Gasteiger partial charge in [-0.1, -0.05) is 37.3 Å². The summed E-state index contributed by atoms with van der Waals surface area (Å²) in [6.45, 7) is 2.92. The molecule has 28 heavy (non-hydrogen) atoms. The van der Waals surface area contributed by atoms with E-state index in [0.717, 1.165) is 42.3 Å². The van der Waals surface area contributed by atoms with Gasteiger partial charge in [-0.05, 0) is 54.6 Å². The molecule has 1 fully saturated rings. The van der Waals surface area contributed by atoms with Crippen molar-refractivity contribution < 1.29 is 9.13 Å². The number of nitrogens with one attached hydrogen (secondary N) is 2. The average Bonchev–Trinajstić information content (AvgIpc) is 3.17. The Morgan fingerprint density at radius 1 is 1.32 bits per heavy atom. The fourth-order valence-corrected chi connectivity index (χ4v) is 4.58. The summed E-state index contributed by atoms with van der Waals surface area (Å²) in [4.78, 5) is 0. The third-order valence-corrected chi connectivity index (χ3v) is 5.93. The minimum absolute atomic E-state index is 0.218. The molecule has 0 amide bonds. The van der Waals surface area contributed by atoms with Crippen molar-refractivity contribution in [2.45, 2.75) is 38.3 Å². The molecule has 5 heteroatoms. The maximum atomic E-state index is 14.4. The SMILES string of the molecule is COC1(c2cc(F)cc3[nH]ncc23)/C(=C/NCc2ccccc2)CCCC1C. The first-order valence-corrected chi connectivity index (χ1v) is 9.80. The molecule has 1 saturated carbocycles. The van der Waals surface area contributed by atoms with Crippen LogP contribution in [-0.4, -0.2) is 17.3 Å². The second-order valence-corrected chi connectivity index (χ2v) is 7.55. The summed E-state index contributed by atoms with van der Waals surface area (Å²) in [5.41, 5.74) is 3.23. The Morgan fingerprint density at radius 3 is 2.93 bits per heavy atom. The second kappa shape index (κ2) is 7.76. The van der Waals surface area contributed by atoms with Crippen LogP contribution in [0.5, 0.6) is 0 Å². The Labute approximate surface area is 164 Å². The van der Waals surface area contributed by atoms with E-state index in [0.29, 0.717) is 5.52 Å². The number of hydrogen-bond acceptors (Lipinski definition) is 3. The topological polar surface area (TPSA) is 49.9 Å². The smallest absolute Gasteiger partial charge is 0.125 e. The number of rotatable bonds is 5. The Bertz CT molecular complexity index is 982. The molecule has 2 unspecified atom stereocenters. The van der Waals surface area contributed by atoms with Crippen molar-refractivity contribution in [2.24, 2.45) is 5.92 Å².